The van der Waals surface area contributed by atoms with Crippen molar-refractivity contribution in [3.8, 4) is 11.5 Å². The van der Waals surface area contributed by atoms with E-state index in [-0.39, 0.29) is 12.7 Å². The van der Waals surface area contributed by atoms with Gasteiger partial charge < -0.3 is 19.7 Å². The molecule has 24 heavy (non-hydrogen) atoms. The molecule has 1 N–H and O–H groups in total. The van der Waals surface area contributed by atoms with Crippen LogP contribution in [0, 0.1) is 0 Å². The summed E-state index contributed by atoms with van der Waals surface area (Å²) in [6.45, 7) is 7.61. The molecule has 0 saturated heterocycles. The third-order valence-electron chi connectivity index (χ3n) is 4.06. The summed E-state index contributed by atoms with van der Waals surface area (Å²) in [5.74, 6) is 1.11. The number of carbonyl (C=O) groups excluding carboxylic acids is 1. The second-order valence-corrected chi connectivity index (χ2v) is 5.95. The van der Waals surface area contributed by atoms with Crippen LogP contribution in [0.5, 0.6) is 11.5 Å². The number of benzene rings is 2. The number of amides is 1. The molecule has 2 aromatic rings. The highest BCUT2D eigenvalue weighted by molar-refractivity contribution is 6.04. The molecule has 0 radical (unpaired) electrons. The van der Waals surface area contributed by atoms with Crippen LogP contribution in [0.3, 0.4) is 0 Å². The van der Waals surface area contributed by atoms with Crippen molar-refractivity contribution < 1.29 is 14.3 Å². The average molecular weight is 326 g/mol. The van der Waals surface area contributed by atoms with Crippen molar-refractivity contribution in [1.29, 1.82) is 0 Å². The van der Waals surface area contributed by atoms with Crippen molar-refractivity contribution in [1.82, 2.24) is 0 Å². The molecule has 0 unspecified atom stereocenters. The number of nitrogens with one attached hydrogen (secondary N) is 1. The first-order valence-corrected chi connectivity index (χ1v) is 8.16. The van der Waals surface area contributed by atoms with E-state index in [1.54, 1.807) is 18.2 Å². The van der Waals surface area contributed by atoms with Crippen molar-refractivity contribution in [2.45, 2.75) is 26.8 Å². The van der Waals surface area contributed by atoms with Gasteiger partial charge in [0, 0.05) is 29.5 Å². The van der Waals surface area contributed by atoms with Crippen LogP contribution in [0.1, 0.15) is 31.1 Å². The van der Waals surface area contributed by atoms with Gasteiger partial charge in [-0.2, -0.15) is 0 Å². The van der Waals surface area contributed by atoms with Gasteiger partial charge in [-0.25, -0.2) is 0 Å². The minimum atomic E-state index is -0.169. The van der Waals surface area contributed by atoms with Gasteiger partial charge in [0.1, 0.15) is 0 Å². The van der Waals surface area contributed by atoms with E-state index in [9.17, 15) is 4.79 Å². The highest BCUT2D eigenvalue weighted by Crippen LogP contribution is 2.32. The van der Waals surface area contributed by atoms with E-state index in [1.165, 1.54) is 0 Å². The second kappa shape index (κ2) is 6.83. The lowest BCUT2D eigenvalue weighted by atomic mass is 10.1. The Labute approximate surface area is 142 Å². The van der Waals surface area contributed by atoms with E-state index in [0.717, 1.165) is 17.9 Å². The molecular weight excluding hydrogens is 304 g/mol. The molecule has 0 spiro atoms. The first kappa shape index (κ1) is 16.2. The van der Waals surface area contributed by atoms with Gasteiger partial charge in [0.2, 0.25) is 6.79 Å². The molecule has 5 heteroatoms. The first-order chi connectivity index (χ1) is 11.6. The van der Waals surface area contributed by atoms with Crippen molar-refractivity contribution in [2.24, 2.45) is 0 Å². The van der Waals surface area contributed by atoms with E-state index >= 15 is 0 Å². The van der Waals surface area contributed by atoms with E-state index in [4.69, 9.17) is 9.47 Å². The third kappa shape index (κ3) is 3.30. The number of anilines is 2. The number of ether oxygens (including phenoxy) is 2. The summed E-state index contributed by atoms with van der Waals surface area (Å²) in [5.41, 5.74) is 2.45. The Kier molecular flexibility index (Phi) is 4.60. The van der Waals surface area contributed by atoms with Gasteiger partial charge in [0.15, 0.2) is 11.5 Å². The van der Waals surface area contributed by atoms with Crippen LogP contribution in [-0.2, 0) is 0 Å². The van der Waals surface area contributed by atoms with Crippen LogP contribution in [0.15, 0.2) is 42.5 Å². The number of rotatable bonds is 5. The molecule has 0 aromatic heterocycles. The van der Waals surface area contributed by atoms with Crippen LogP contribution >= 0.6 is 0 Å². The zero-order chi connectivity index (χ0) is 17.1. The molecule has 0 bridgehead atoms. The van der Waals surface area contributed by atoms with Crippen molar-refractivity contribution in [3.05, 3.63) is 48.0 Å². The Morgan fingerprint density at radius 1 is 1.12 bits per heavy atom. The molecule has 1 aliphatic rings. The van der Waals surface area contributed by atoms with Crippen LogP contribution in [-0.4, -0.2) is 25.3 Å². The Hall–Kier alpha value is -2.69. The summed E-state index contributed by atoms with van der Waals surface area (Å²) < 4.78 is 10.6. The van der Waals surface area contributed by atoms with Gasteiger partial charge in [-0.05, 0) is 63.2 Å². The van der Waals surface area contributed by atoms with Crippen LogP contribution < -0.4 is 19.7 Å². The molecule has 0 fully saturated rings. The maximum atomic E-state index is 12.4. The van der Waals surface area contributed by atoms with Crippen LogP contribution in [0.2, 0.25) is 0 Å². The maximum absolute atomic E-state index is 12.4. The molecule has 126 valence electrons. The molecular formula is C19H22N2O3. The van der Waals surface area contributed by atoms with Gasteiger partial charge in [-0.15, -0.1) is 0 Å². The minimum absolute atomic E-state index is 0.169. The number of carbonyl (C=O) groups is 1. The average Bonchev–Trinajstić information content (AvgIpc) is 3.04. The Morgan fingerprint density at radius 2 is 1.83 bits per heavy atom. The van der Waals surface area contributed by atoms with E-state index < -0.39 is 0 Å². The molecule has 3 rings (SSSR count). The SMILES string of the molecule is CCN(c1ccc(NC(=O)c2ccc3c(c2)OCO3)cc1)C(C)C. The third-order valence-corrected chi connectivity index (χ3v) is 4.06. The molecule has 5 nitrogen and oxygen atoms in total. The Morgan fingerprint density at radius 3 is 2.50 bits per heavy atom. The van der Waals surface area contributed by atoms with Gasteiger partial charge in [-0.1, -0.05) is 0 Å². The molecule has 2 aromatic carbocycles. The standard InChI is InChI=1S/C19H22N2O3/c1-4-21(13(2)3)16-8-6-15(7-9-16)20-19(22)14-5-10-17-18(11-14)24-12-23-17/h5-11,13H,4,12H2,1-3H3,(H,20,22). The van der Waals surface area contributed by atoms with Gasteiger partial charge >= 0.3 is 0 Å². The largest absolute Gasteiger partial charge is 0.454 e. The van der Waals surface area contributed by atoms with E-state index in [2.05, 4.69) is 31.0 Å². The zero-order valence-corrected chi connectivity index (χ0v) is 14.2. The molecule has 1 amide bonds. The lowest BCUT2D eigenvalue weighted by Gasteiger charge is -2.27. The van der Waals surface area contributed by atoms with Gasteiger partial charge in [0.05, 0.1) is 0 Å². The highest BCUT2D eigenvalue weighted by Gasteiger charge is 2.16. The van der Waals surface area contributed by atoms with E-state index in [1.807, 2.05) is 24.3 Å². The highest BCUT2D eigenvalue weighted by atomic mass is 16.7. The van der Waals surface area contributed by atoms with Crippen LogP contribution in [0.4, 0.5) is 11.4 Å². The zero-order valence-electron chi connectivity index (χ0n) is 14.2. The Balaban J connectivity index is 1.70. The molecule has 1 aliphatic heterocycles. The topological polar surface area (TPSA) is 50.8 Å². The Bertz CT molecular complexity index is 726. The lowest BCUT2D eigenvalue weighted by molar-refractivity contribution is 0.102. The quantitative estimate of drug-likeness (QED) is 0.905. The first-order valence-electron chi connectivity index (χ1n) is 8.16. The molecule has 0 saturated carbocycles. The smallest absolute Gasteiger partial charge is 0.255 e. The molecule has 0 atom stereocenters. The van der Waals surface area contributed by atoms with Gasteiger partial charge in [-0.3, -0.25) is 4.79 Å². The predicted molar refractivity (Wildman–Crippen MR) is 95.1 cm³/mol. The number of fused-ring (bicyclic) bond motifs is 1. The maximum Gasteiger partial charge on any atom is 0.255 e. The van der Waals surface area contributed by atoms with Crippen LogP contribution in [0.25, 0.3) is 0 Å². The van der Waals surface area contributed by atoms with Crippen molar-refractivity contribution >= 4 is 17.3 Å². The van der Waals surface area contributed by atoms with Crippen molar-refractivity contribution in [2.75, 3.05) is 23.6 Å². The minimum Gasteiger partial charge on any atom is -0.454 e. The fourth-order valence-corrected chi connectivity index (χ4v) is 2.82. The number of hydrogen-bond acceptors (Lipinski definition) is 4. The van der Waals surface area contributed by atoms with Gasteiger partial charge in [0.25, 0.3) is 5.91 Å². The number of hydrogen-bond donors (Lipinski definition) is 1. The molecule has 0 aliphatic carbocycles. The predicted octanol–water partition coefficient (Wildman–Crippen LogP) is 3.90. The summed E-state index contributed by atoms with van der Waals surface area (Å²) in [4.78, 5) is 14.7. The summed E-state index contributed by atoms with van der Waals surface area (Å²) in [5, 5.41) is 2.91. The van der Waals surface area contributed by atoms with Crippen molar-refractivity contribution in [3.63, 3.8) is 0 Å². The molecule has 1 heterocycles. The second-order valence-electron chi connectivity index (χ2n) is 5.95. The number of nitrogens with zero attached hydrogens (tertiary/aromatic N) is 1. The van der Waals surface area contributed by atoms with E-state index in [0.29, 0.717) is 23.1 Å². The summed E-state index contributed by atoms with van der Waals surface area (Å²) >= 11 is 0. The normalized spacial score (nSPS) is 12.3. The monoisotopic (exact) mass is 326 g/mol. The lowest BCUT2D eigenvalue weighted by Crippen LogP contribution is -2.30. The summed E-state index contributed by atoms with van der Waals surface area (Å²) in [6.07, 6.45) is 0. The fourth-order valence-electron chi connectivity index (χ4n) is 2.82. The summed E-state index contributed by atoms with van der Waals surface area (Å²) in [6, 6.07) is 13.5. The fraction of sp³-hybridized carbons (Fsp3) is 0.316. The summed E-state index contributed by atoms with van der Waals surface area (Å²) in [7, 11) is 0.